The van der Waals surface area contributed by atoms with Crippen LogP contribution in [-0.4, -0.2) is 18.4 Å². The van der Waals surface area contributed by atoms with Gasteiger partial charge in [-0.2, -0.15) is 0 Å². The quantitative estimate of drug-likeness (QED) is 0.525. The normalized spacial score (nSPS) is 11.7. The number of halogens is 1. The molecule has 4 rings (SSSR count). The highest BCUT2D eigenvalue weighted by Gasteiger charge is 2.20. The molecule has 0 bridgehead atoms. The maximum absolute atomic E-state index is 12.8. The summed E-state index contributed by atoms with van der Waals surface area (Å²) >= 11 is 5.93. The van der Waals surface area contributed by atoms with Crippen LogP contribution in [-0.2, 0) is 16.6 Å². The van der Waals surface area contributed by atoms with Gasteiger partial charge in [0, 0.05) is 17.1 Å². The number of nitrogens with zero attached hydrogens (tertiary/aromatic N) is 1. The minimum Gasteiger partial charge on any atom is -0.338 e. The lowest BCUT2D eigenvalue weighted by molar-refractivity contribution is 0.582. The van der Waals surface area contributed by atoms with Gasteiger partial charge in [-0.1, -0.05) is 48.0 Å². The molecule has 0 amide bonds. The Hall–Kier alpha value is -2.67. The van der Waals surface area contributed by atoms with E-state index in [0.717, 1.165) is 11.1 Å². The zero-order chi connectivity index (χ0) is 18.9. The molecule has 0 unspecified atom stereocenters. The van der Waals surface area contributed by atoms with Crippen molar-refractivity contribution in [1.29, 1.82) is 0 Å². The summed E-state index contributed by atoms with van der Waals surface area (Å²) in [5, 5.41) is 0.628. The summed E-state index contributed by atoms with van der Waals surface area (Å²) in [6, 6.07) is 21.6. The first-order chi connectivity index (χ1) is 13.0. The fourth-order valence-corrected chi connectivity index (χ4v) is 4.13. The molecule has 0 radical (unpaired) electrons. The van der Waals surface area contributed by atoms with E-state index < -0.39 is 10.0 Å². The number of imidazole rings is 1. The Morgan fingerprint density at radius 3 is 2.41 bits per heavy atom. The van der Waals surface area contributed by atoms with Crippen molar-refractivity contribution in [3.05, 3.63) is 83.4 Å². The second kappa shape index (κ2) is 7.15. The van der Waals surface area contributed by atoms with E-state index in [9.17, 15) is 8.42 Å². The Bertz CT molecular complexity index is 1190. The fourth-order valence-electron chi connectivity index (χ4n) is 2.82. The molecule has 0 aliphatic heterocycles. The zero-order valence-electron chi connectivity index (χ0n) is 14.2. The highest BCUT2D eigenvalue weighted by molar-refractivity contribution is 7.89. The predicted octanol–water partition coefficient (Wildman–Crippen LogP) is 4.36. The van der Waals surface area contributed by atoms with E-state index in [4.69, 9.17) is 11.6 Å². The van der Waals surface area contributed by atoms with Crippen LogP contribution in [0.2, 0.25) is 5.02 Å². The predicted molar refractivity (Wildman–Crippen MR) is 107 cm³/mol. The lowest BCUT2D eigenvalue weighted by Gasteiger charge is -2.07. The van der Waals surface area contributed by atoms with Crippen molar-refractivity contribution in [1.82, 2.24) is 14.7 Å². The van der Waals surface area contributed by atoms with E-state index in [1.807, 2.05) is 42.5 Å². The Morgan fingerprint density at radius 1 is 0.926 bits per heavy atom. The first-order valence-electron chi connectivity index (χ1n) is 8.31. The molecule has 7 heteroatoms. The molecule has 27 heavy (non-hydrogen) atoms. The molecule has 4 aromatic rings. The third-order valence-electron chi connectivity index (χ3n) is 4.19. The highest BCUT2D eigenvalue weighted by Crippen LogP contribution is 2.26. The van der Waals surface area contributed by atoms with Gasteiger partial charge in [-0.3, -0.25) is 0 Å². The number of para-hydroxylation sites is 1. The summed E-state index contributed by atoms with van der Waals surface area (Å²) in [7, 11) is -3.71. The van der Waals surface area contributed by atoms with E-state index in [0.29, 0.717) is 21.9 Å². The molecule has 0 aliphatic carbocycles. The maximum atomic E-state index is 12.8. The molecule has 1 aromatic heterocycles. The molecule has 5 nitrogen and oxygen atoms in total. The van der Waals surface area contributed by atoms with E-state index in [2.05, 4.69) is 14.7 Å². The third kappa shape index (κ3) is 3.73. The smallest absolute Gasteiger partial charge is 0.243 e. The molecule has 0 spiro atoms. The van der Waals surface area contributed by atoms with Crippen LogP contribution in [0.25, 0.3) is 22.4 Å². The number of fused-ring (bicyclic) bond motifs is 1. The second-order valence-electron chi connectivity index (χ2n) is 6.05. The van der Waals surface area contributed by atoms with Crippen LogP contribution in [0.4, 0.5) is 0 Å². The van der Waals surface area contributed by atoms with Gasteiger partial charge >= 0.3 is 0 Å². The second-order valence-corrected chi connectivity index (χ2v) is 8.23. The maximum Gasteiger partial charge on any atom is 0.243 e. The number of hydrogen-bond donors (Lipinski definition) is 2. The van der Waals surface area contributed by atoms with Crippen molar-refractivity contribution >= 4 is 32.7 Å². The van der Waals surface area contributed by atoms with Gasteiger partial charge in [0.2, 0.25) is 10.0 Å². The summed E-state index contributed by atoms with van der Waals surface area (Å²) in [6.07, 6.45) is 0. The van der Waals surface area contributed by atoms with Gasteiger partial charge in [0.15, 0.2) is 0 Å². The van der Waals surface area contributed by atoms with E-state index in [-0.39, 0.29) is 11.4 Å². The number of hydrogen-bond acceptors (Lipinski definition) is 3. The Balaban J connectivity index is 1.70. The average Bonchev–Trinajstić information content (AvgIpc) is 3.12. The topological polar surface area (TPSA) is 74.8 Å². The van der Waals surface area contributed by atoms with Gasteiger partial charge in [-0.15, -0.1) is 0 Å². The van der Waals surface area contributed by atoms with E-state index in [1.54, 1.807) is 30.3 Å². The van der Waals surface area contributed by atoms with Crippen LogP contribution in [0.15, 0.2) is 77.7 Å². The summed E-state index contributed by atoms with van der Waals surface area (Å²) in [6.45, 7) is 0.216. The summed E-state index contributed by atoms with van der Waals surface area (Å²) in [5.74, 6) is 0.590. The fraction of sp³-hybridized carbons (Fsp3) is 0.0500. The minimum atomic E-state index is -3.71. The van der Waals surface area contributed by atoms with Crippen molar-refractivity contribution < 1.29 is 8.42 Å². The van der Waals surface area contributed by atoms with Gasteiger partial charge in [0.1, 0.15) is 16.2 Å². The van der Waals surface area contributed by atoms with Gasteiger partial charge in [-0.25, -0.2) is 18.1 Å². The molecule has 3 aromatic carbocycles. The molecule has 0 aliphatic rings. The van der Waals surface area contributed by atoms with Gasteiger partial charge in [-0.05, 0) is 42.0 Å². The first kappa shape index (κ1) is 17.7. The lowest BCUT2D eigenvalue weighted by Crippen LogP contribution is -2.23. The Morgan fingerprint density at radius 2 is 1.67 bits per heavy atom. The molecule has 0 saturated heterocycles. The van der Waals surface area contributed by atoms with Crippen LogP contribution in [0.3, 0.4) is 0 Å². The lowest BCUT2D eigenvalue weighted by atomic mass is 10.2. The minimum absolute atomic E-state index is 0.146. The average molecular weight is 398 g/mol. The van der Waals surface area contributed by atoms with Crippen molar-refractivity contribution in [3.8, 4) is 11.4 Å². The Kier molecular flexibility index (Phi) is 4.70. The SMILES string of the molecule is O=S(=O)(NCc1ccccc1)c1cccc2[nH]c(-c3ccc(Cl)cc3)nc12. The summed E-state index contributed by atoms with van der Waals surface area (Å²) < 4.78 is 28.3. The van der Waals surface area contributed by atoms with Crippen molar-refractivity contribution in [2.75, 3.05) is 0 Å². The monoisotopic (exact) mass is 397 g/mol. The van der Waals surface area contributed by atoms with E-state index >= 15 is 0 Å². The van der Waals surface area contributed by atoms with Crippen LogP contribution in [0.5, 0.6) is 0 Å². The van der Waals surface area contributed by atoms with Gasteiger partial charge < -0.3 is 4.98 Å². The molecule has 0 fully saturated rings. The molecule has 2 N–H and O–H groups in total. The van der Waals surface area contributed by atoms with Crippen LogP contribution < -0.4 is 4.72 Å². The van der Waals surface area contributed by atoms with Crippen LogP contribution >= 0.6 is 11.6 Å². The Labute approximate surface area is 162 Å². The summed E-state index contributed by atoms with van der Waals surface area (Å²) in [5.41, 5.74) is 2.78. The first-order valence-corrected chi connectivity index (χ1v) is 10.2. The van der Waals surface area contributed by atoms with Crippen molar-refractivity contribution in [3.63, 3.8) is 0 Å². The molecule has 0 saturated carbocycles. The summed E-state index contributed by atoms with van der Waals surface area (Å²) in [4.78, 5) is 7.83. The number of rotatable bonds is 5. The largest absolute Gasteiger partial charge is 0.338 e. The molecule has 1 heterocycles. The highest BCUT2D eigenvalue weighted by atomic mass is 35.5. The number of nitrogens with one attached hydrogen (secondary N) is 2. The van der Waals surface area contributed by atoms with Crippen molar-refractivity contribution in [2.45, 2.75) is 11.4 Å². The number of aromatic amines is 1. The molecule has 136 valence electrons. The molecular weight excluding hydrogens is 382 g/mol. The van der Waals surface area contributed by atoms with Crippen LogP contribution in [0, 0.1) is 0 Å². The molecule has 0 atom stereocenters. The zero-order valence-corrected chi connectivity index (χ0v) is 15.8. The van der Waals surface area contributed by atoms with Gasteiger partial charge in [0.25, 0.3) is 0 Å². The third-order valence-corrected chi connectivity index (χ3v) is 5.88. The molecular formula is C20H16ClN3O2S. The number of aromatic nitrogens is 2. The van der Waals surface area contributed by atoms with Gasteiger partial charge in [0.05, 0.1) is 5.52 Å². The van der Waals surface area contributed by atoms with E-state index in [1.165, 1.54) is 0 Å². The number of H-pyrrole nitrogens is 1. The standard InChI is InChI=1S/C20H16ClN3O2S/c21-16-11-9-15(10-12-16)20-23-17-7-4-8-18(19(17)24-20)27(25,26)22-13-14-5-2-1-3-6-14/h1-12,22H,13H2,(H,23,24). The number of benzene rings is 3. The number of sulfonamides is 1. The van der Waals surface area contributed by atoms with Crippen molar-refractivity contribution in [2.24, 2.45) is 0 Å². The van der Waals surface area contributed by atoms with Crippen LogP contribution in [0.1, 0.15) is 5.56 Å².